The van der Waals surface area contributed by atoms with Crippen LogP contribution in [0.5, 0.6) is 5.75 Å². The van der Waals surface area contributed by atoms with Gasteiger partial charge < -0.3 is 14.4 Å². The lowest BCUT2D eigenvalue weighted by Gasteiger charge is -2.26. The summed E-state index contributed by atoms with van der Waals surface area (Å²) >= 11 is 0. The Morgan fingerprint density at radius 2 is 2.11 bits per heavy atom. The number of benzene rings is 1. The van der Waals surface area contributed by atoms with Gasteiger partial charge in [-0.1, -0.05) is 0 Å². The van der Waals surface area contributed by atoms with Crippen LogP contribution in [0.15, 0.2) is 24.3 Å². The number of methoxy groups -OCH3 is 1. The number of ketones is 1. The standard InChI is InChI=1S/C13H15NO4/c1-17-11-4-2-10(3-5-11)12(15)8-14-6-7-18-9-13(14)16/h2-5H,6-9H2,1H3. The molecule has 0 bridgehead atoms. The highest BCUT2D eigenvalue weighted by Crippen LogP contribution is 2.12. The SMILES string of the molecule is COc1ccc(C(=O)CN2CCOCC2=O)cc1. The van der Waals surface area contributed by atoms with Gasteiger partial charge in [0.05, 0.1) is 20.3 Å². The van der Waals surface area contributed by atoms with E-state index in [0.29, 0.717) is 24.5 Å². The molecule has 0 aromatic heterocycles. The Hall–Kier alpha value is -1.88. The number of morpholine rings is 1. The minimum atomic E-state index is -0.136. The number of carbonyl (C=O) groups is 2. The second kappa shape index (κ2) is 5.64. The van der Waals surface area contributed by atoms with Gasteiger partial charge in [0.2, 0.25) is 5.91 Å². The zero-order valence-corrected chi connectivity index (χ0v) is 10.2. The number of amides is 1. The molecule has 96 valence electrons. The van der Waals surface area contributed by atoms with Gasteiger partial charge >= 0.3 is 0 Å². The van der Waals surface area contributed by atoms with Crippen LogP contribution in [0.3, 0.4) is 0 Å². The fourth-order valence-electron chi connectivity index (χ4n) is 1.76. The van der Waals surface area contributed by atoms with Gasteiger partial charge in [-0.05, 0) is 24.3 Å². The number of carbonyl (C=O) groups excluding carboxylic acids is 2. The molecule has 1 saturated heterocycles. The molecule has 0 spiro atoms. The molecule has 1 fully saturated rings. The lowest BCUT2D eigenvalue weighted by Crippen LogP contribution is -2.44. The number of ether oxygens (including phenoxy) is 2. The van der Waals surface area contributed by atoms with Crippen molar-refractivity contribution in [1.82, 2.24) is 4.90 Å². The van der Waals surface area contributed by atoms with Crippen LogP contribution >= 0.6 is 0 Å². The third-order valence-corrected chi connectivity index (χ3v) is 2.83. The van der Waals surface area contributed by atoms with E-state index in [-0.39, 0.29) is 24.8 Å². The maximum atomic E-state index is 12.0. The third kappa shape index (κ3) is 2.87. The van der Waals surface area contributed by atoms with Crippen LogP contribution in [-0.2, 0) is 9.53 Å². The normalized spacial score (nSPS) is 15.6. The fraction of sp³-hybridized carbons (Fsp3) is 0.385. The molecule has 1 aliphatic rings. The van der Waals surface area contributed by atoms with Gasteiger partial charge in [0.25, 0.3) is 0 Å². The van der Waals surface area contributed by atoms with E-state index in [1.54, 1.807) is 31.4 Å². The second-order valence-electron chi connectivity index (χ2n) is 4.02. The van der Waals surface area contributed by atoms with Crippen molar-refractivity contribution >= 4 is 11.7 Å². The average Bonchev–Trinajstić information content (AvgIpc) is 2.41. The summed E-state index contributed by atoms with van der Waals surface area (Å²) in [5, 5.41) is 0. The Kier molecular flexibility index (Phi) is 3.94. The van der Waals surface area contributed by atoms with Gasteiger partial charge in [-0.25, -0.2) is 0 Å². The van der Waals surface area contributed by atoms with Gasteiger partial charge in [0.15, 0.2) is 5.78 Å². The Labute approximate surface area is 105 Å². The van der Waals surface area contributed by atoms with E-state index in [2.05, 4.69) is 0 Å². The molecule has 0 unspecified atom stereocenters. The van der Waals surface area contributed by atoms with E-state index in [4.69, 9.17) is 9.47 Å². The maximum absolute atomic E-state index is 12.0. The summed E-state index contributed by atoms with van der Waals surface area (Å²) in [5.74, 6) is 0.491. The van der Waals surface area contributed by atoms with Gasteiger partial charge in [-0.15, -0.1) is 0 Å². The van der Waals surface area contributed by atoms with Crippen LogP contribution < -0.4 is 4.74 Å². The first-order chi connectivity index (χ1) is 8.70. The molecule has 0 aliphatic carbocycles. The third-order valence-electron chi connectivity index (χ3n) is 2.83. The highest BCUT2D eigenvalue weighted by Gasteiger charge is 2.21. The molecule has 18 heavy (non-hydrogen) atoms. The van der Waals surface area contributed by atoms with E-state index in [0.717, 1.165) is 0 Å². The summed E-state index contributed by atoms with van der Waals surface area (Å²) < 4.78 is 10.0. The monoisotopic (exact) mass is 249 g/mol. The van der Waals surface area contributed by atoms with Gasteiger partial charge in [-0.2, -0.15) is 0 Å². The van der Waals surface area contributed by atoms with Crippen molar-refractivity contribution < 1.29 is 19.1 Å². The first-order valence-corrected chi connectivity index (χ1v) is 5.73. The van der Waals surface area contributed by atoms with E-state index in [9.17, 15) is 9.59 Å². The van der Waals surface area contributed by atoms with Crippen LogP contribution in [0.25, 0.3) is 0 Å². The van der Waals surface area contributed by atoms with Crippen LogP contribution in [-0.4, -0.2) is 50.0 Å². The van der Waals surface area contributed by atoms with Crippen molar-refractivity contribution in [1.29, 1.82) is 0 Å². The predicted octanol–water partition coefficient (Wildman–Crippen LogP) is 0.737. The molecule has 5 heteroatoms. The zero-order chi connectivity index (χ0) is 13.0. The summed E-state index contributed by atoms with van der Waals surface area (Å²) in [4.78, 5) is 25.0. The minimum absolute atomic E-state index is 0.0654. The van der Waals surface area contributed by atoms with Crippen molar-refractivity contribution in [2.45, 2.75) is 0 Å². The number of Topliss-reactive ketones (excluding diaryl/α,β-unsaturated/α-hetero) is 1. The topological polar surface area (TPSA) is 55.8 Å². The molecule has 1 aromatic rings. The van der Waals surface area contributed by atoms with E-state index in [1.807, 2.05) is 0 Å². The van der Waals surface area contributed by atoms with Crippen LogP contribution in [0.4, 0.5) is 0 Å². The Morgan fingerprint density at radius 3 is 2.72 bits per heavy atom. The van der Waals surface area contributed by atoms with Crippen LogP contribution in [0, 0.1) is 0 Å². The summed E-state index contributed by atoms with van der Waals surface area (Å²) in [6.07, 6.45) is 0. The van der Waals surface area contributed by atoms with Crippen molar-refractivity contribution in [3.8, 4) is 5.75 Å². The number of hydrogen-bond acceptors (Lipinski definition) is 4. The predicted molar refractivity (Wildman–Crippen MR) is 64.7 cm³/mol. The molecule has 0 radical (unpaired) electrons. The molecule has 1 aliphatic heterocycles. The highest BCUT2D eigenvalue weighted by atomic mass is 16.5. The largest absolute Gasteiger partial charge is 0.497 e. The molecule has 1 amide bonds. The first kappa shape index (κ1) is 12.6. The molecular weight excluding hydrogens is 234 g/mol. The Morgan fingerprint density at radius 1 is 1.39 bits per heavy atom. The molecule has 0 N–H and O–H groups in total. The molecule has 0 atom stereocenters. The highest BCUT2D eigenvalue weighted by molar-refractivity contribution is 5.99. The van der Waals surface area contributed by atoms with Gasteiger partial charge in [0.1, 0.15) is 12.4 Å². The summed E-state index contributed by atoms with van der Waals surface area (Å²) in [5.41, 5.74) is 0.579. The second-order valence-corrected chi connectivity index (χ2v) is 4.02. The van der Waals surface area contributed by atoms with E-state index in [1.165, 1.54) is 4.90 Å². The molecule has 5 nitrogen and oxygen atoms in total. The molecule has 1 heterocycles. The van der Waals surface area contributed by atoms with E-state index < -0.39 is 0 Å². The number of hydrogen-bond donors (Lipinski definition) is 0. The number of nitrogens with zero attached hydrogens (tertiary/aromatic N) is 1. The molecule has 1 aromatic carbocycles. The summed E-state index contributed by atoms with van der Waals surface area (Å²) in [6, 6.07) is 6.86. The average molecular weight is 249 g/mol. The summed E-state index contributed by atoms with van der Waals surface area (Å²) in [6.45, 7) is 1.13. The quantitative estimate of drug-likeness (QED) is 0.738. The van der Waals surface area contributed by atoms with Crippen molar-refractivity contribution in [2.24, 2.45) is 0 Å². The van der Waals surface area contributed by atoms with Crippen molar-refractivity contribution in [3.05, 3.63) is 29.8 Å². The fourth-order valence-corrected chi connectivity index (χ4v) is 1.76. The summed E-state index contributed by atoms with van der Waals surface area (Å²) in [7, 11) is 1.57. The smallest absolute Gasteiger partial charge is 0.249 e. The lowest BCUT2D eigenvalue weighted by atomic mass is 10.1. The maximum Gasteiger partial charge on any atom is 0.249 e. The zero-order valence-electron chi connectivity index (χ0n) is 10.2. The first-order valence-electron chi connectivity index (χ1n) is 5.73. The molecule has 0 saturated carbocycles. The minimum Gasteiger partial charge on any atom is -0.497 e. The lowest BCUT2D eigenvalue weighted by molar-refractivity contribution is -0.141. The van der Waals surface area contributed by atoms with Crippen molar-refractivity contribution in [2.75, 3.05) is 33.4 Å². The Bertz CT molecular complexity index is 441. The molecule has 2 rings (SSSR count). The Balaban J connectivity index is 2.00. The molecular formula is C13H15NO4. The van der Waals surface area contributed by atoms with Gasteiger partial charge in [-0.3, -0.25) is 9.59 Å². The van der Waals surface area contributed by atoms with Crippen LogP contribution in [0.1, 0.15) is 10.4 Å². The number of rotatable bonds is 4. The van der Waals surface area contributed by atoms with Gasteiger partial charge in [0, 0.05) is 12.1 Å². The van der Waals surface area contributed by atoms with E-state index >= 15 is 0 Å². The van der Waals surface area contributed by atoms with Crippen molar-refractivity contribution in [3.63, 3.8) is 0 Å². The van der Waals surface area contributed by atoms with Crippen LogP contribution in [0.2, 0.25) is 0 Å².